The lowest BCUT2D eigenvalue weighted by molar-refractivity contribution is -0.380. The molecule has 0 fully saturated rings. The molecule has 7 nitrogen and oxygen atoms in total. The predicted octanol–water partition coefficient (Wildman–Crippen LogP) is 2.61. The summed E-state index contributed by atoms with van der Waals surface area (Å²) in [5.74, 6) is 1.14. The number of carbonyl (C=O) groups excluding carboxylic acids is 1. The molecule has 0 spiro atoms. The minimum Gasteiger partial charge on any atom is -0.454 e. The number of aromatic nitrogens is 1. The van der Waals surface area contributed by atoms with E-state index in [2.05, 4.69) is 4.98 Å². The van der Waals surface area contributed by atoms with E-state index in [1.807, 2.05) is 6.07 Å². The van der Waals surface area contributed by atoms with Crippen LogP contribution >= 0.6 is 11.3 Å². The highest BCUT2D eigenvalue weighted by Gasteiger charge is 2.14. The van der Waals surface area contributed by atoms with Crippen LogP contribution in [0, 0.1) is 10.1 Å². The Hall–Kier alpha value is -2.74. The van der Waals surface area contributed by atoms with Crippen LogP contribution in [-0.2, 0) is 11.2 Å². The van der Waals surface area contributed by atoms with Gasteiger partial charge in [0.15, 0.2) is 17.3 Å². The highest BCUT2D eigenvalue weighted by atomic mass is 32.1. The molecule has 22 heavy (non-hydrogen) atoms. The molecule has 0 aliphatic carbocycles. The zero-order valence-electron chi connectivity index (χ0n) is 11.2. The van der Waals surface area contributed by atoms with Gasteiger partial charge >= 0.3 is 5.00 Å². The van der Waals surface area contributed by atoms with Crippen molar-refractivity contribution < 1.29 is 19.2 Å². The van der Waals surface area contributed by atoms with Gasteiger partial charge in [0.05, 0.1) is 11.3 Å². The van der Waals surface area contributed by atoms with Gasteiger partial charge < -0.3 is 9.47 Å². The molecule has 0 amide bonds. The Balaban J connectivity index is 1.64. The van der Waals surface area contributed by atoms with Gasteiger partial charge in [-0.05, 0) is 35.1 Å². The molecule has 3 rings (SSSR count). The molecule has 2 heterocycles. The van der Waals surface area contributed by atoms with Crippen LogP contribution in [-0.4, -0.2) is 22.5 Å². The fourth-order valence-corrected chi connectivity index (χ4v) is 2.62. The number of ether oxygens (including phenoxy) is 2. The summed E-state index contributed by atoms with van der Waals surface area (Å²) in [4.78, 5) is 25.8. The summed E-state index contributed by atoms with van der Waals surface area (Å²) in [5.41, 5.74) is 0.808. The van der Waals surface area contributed by atoms with Gasteiger partial charge in [-0.3, -0.25) is 14.9 Å². The lowest BCUT2D eigenvalue weighted by Crippen LogP contribution is -1.97. The van der Waals surface area contributed by atoms with Crippen molar-refractivity contribution in [2.75, 3.05) is 6.79 Å². The molecule has 0 unspecified atom stereocenters. The van der Waals surface area contributed by atoms with Crippen LogP contribution in [0.25, 0.3) is 6.08 Å². The average Bonchev–Trinajstić information content (AvgIpc) is 3.13. The summed E-state index contributed by atoms with van der Waals surface area (Å²) in [6.45, 7) is 0.199. The molecule has 1 aromatic heterocycles. The smallest absolute Gasteiger partial charge is 0.343 e. The summed E-state index contributed by atoms with van der Waals surface area (Å²) in [6.07, 6.45) is 4.28. The SMILES string of the molecule is O=C(/C=C/c1ccc2c(c1)OCO2)Cc1ncc([N+](=O)[O-])s1. The normalized spacial score (nSPS) is 12.7. The fraction of sp³-hybridized carbons (Fsp3) is 0.143. The standard InChI is InChI=1S/C14H10N2O5S/c17-10(6-13-15-7-14(22-13)16(18)19)3-1-9-2-4-11-12(5-9)21-8-20-11/h1-5,7H,6,8H2/b3-1+. The molecule has 0 bridgehead atoms. The second-order valence-electron chi connectivity index (χ2n) is 4.44. The minimum absolute atomic E-state index is 0.0412. The van der Waals surface area contributed by atoms with Gasteiger partial charge in [-0.15, -0.1) is 0 Å². The maximum atomic E-state index is 11.9. The Morgan fingerprint density at radius 2 is 2.23 bits per heavy atom. The van der Waals surface area contributed by atoms with Gasteiger partial charge in [0.1, 0.15) is 11.2 Å². The van der Waals surface area contributed by atoms with Crippen molar-refractivity contribution in [2.24, 2.45) is 0 Å². The number of thiazole rings is 1. The number of ketones is 1. The number of fused-ring (bicyclic) bond motifs is 1. The highest BCUT2D eigenvalue weighted by Crippen LogP contribution is 2.32. The number of hydrogen-bond donors (Lipinski definition) is 0. The first-order valence-corrected chi connectivity index (χ1v) is 7.13. The quantitative estimate of drug-likeness (QED) is 0.478. The summed E-state index contributed by atoms with van der Waals surface area (Å²) < 4.78 is 10.5. The molecular formula is C14H10N2O5S. The fourth-order valence-electron chi connectivity index (χ4n) is 1.88. The van der Waals surface area contributed by atoms with Crippen LogP contribution in [0.2, 0.25) is 0 Å². The molecule has 8 heteroatoms. The predicted molar refractivity (Wildman–Crippen MR) is 79.1 cm³/mol. The first-order valence-electron chi connectivity index (χ1n) is 6.31. The van der Waals surface area contributed by atoms with Crippen LogP contribution in [0.1, 0.15) is 10.6 Å². The third kappa shape index (κ3) is 3.12. The Bertz CT molecular complexity index is 768. The molecule has 1 aromatic carbocycles. The summed E-state index contributed by atoms with van der Waals surface area (Å²) in [7, 11) is 0. The van der Waals surface area contributed by atoms with Gasteiger partial charge in [0.25, 0.3) is 0 Å². The second-order valence-corrected chi connectivity index (χ2v) is 5.53. The van der Waals surface area contributed by atoms with Crippen LogP contribution < -0.4 is 9.47 Å². The van der Waals surface area contributed by atoms with Crippen molar-refractivity contribution in [3.63, 3.8) is 0 Å². The summed E-state index contributed by atoms with van der Waals surface area (Å²) >= 11 is 0.906. The molecule has 0 atom stereocenters. The van der Waals surface area contributed by atoms with Gasteiger partial charge in [-0.2, -0.15) is 0 Å². The van der Waals surface area contributed by atoms with Crippen LogP contribution in [0.15, 0.2) is 30.5 Å². The molecule has 1 aliphatic rings. The van der Waals surface area contributed by atoms with E-state index in [4.69, 9.17) is 9.47 Å². The van der Waals surface area contributed by atoms with Crippen molar-refractivity contribution in [2.45, 2.75) is 6.42 Å². The van der Waals surface area contributed by atoms with Crippen molar-refractivity contribution >= 4 is 28.2 Å². The van der Waals surface area contributed by atoms with Gasteiger partial charge in [0.2, 0.25) is 6.79 Å². The molecule has 0 radical (unpaired) electrons. The van der Waals surface area contributed by atoms with Crippen LogP contribution in [0.3, 0.4) is 0 Å². The van der Waals surface area contributed by atoms with E-state index in [1.165, 1.54) is 6.08 Å². The first-order chi connectivity index (χ1) is 10.6. The monoisotopic (exact) mass is 318 g/mol. The molecule has 112 valence electrons. The molecule has 1 aliphatic heterocycles. The summed E-state index contributed by atoms with van der Waals surface area (Å²) in [5, 5.41) is 10.9. The Morgan fingerprint density at radius 3 is 3.00 bits per heavy atom. The average molecular weight is 318 g/mol. The van der Waals surface area contributed by atoms with Gasteiger partial charge in [0, 0.05) is 0 Å². The Morgan fingerprint density at radius 1 is 1.41 bits per heavy atom. The third-order valence-corrected chi connectivity index (χ3v) is 3.85. The van der Waals surface area contributed by atoms with Crippen LogP contribution in [0.4, 0.5) is 5.00 Å². The number of benzene rings is 1. The number of allylic oxidation sites excluding steroid dienone is 1. The number of nitrogens with zero attached hydrogens (tertiary/aromatic N) is 2. The van der Waals surface area contributed by atoms with Crippen molar-refractivity contribution in [1.29, 1.82) is 0 Å². The zero-order chi connectivity index (χ0) is 15.5. The van der Waals surface area contributed by atoms with Gasteiger partial charge in [-0.1, -0.05) is 12.1 Å². The maximum absolute atomic E-state index is 11.9. The van der Waals surface area contributed by atoms with E-state index in [0.717, 1.165) is 23.1 Å². The van der Waals surface area contributed by atoms with Crippen molar-refractivity contribution in [1.82, 2.24) is 4.98 Å². The van der Waals surface area contributed by atoms with Crippen molar-refractivity contribution in [3.05, 3.63) is 51.2 Å². The van der Waals surface area contributed by atoms with Crippen molar-refractivity contribution in [3.8, 4) is 11.5 Å². The largest absolute Gasteiger partial charge is 0.454 e. The van der Waals surface area contributed by atoms with E-state index in [1.54, 1.807) is 18.2 Å². The summed E-state index contributed by atoms with van der Waals surface area (Å²) in [6, 6.07) is 5.36. The first kappa shape index (κ1) is 14.2. The van der Waals surface area contributed by atoms with E-state index in [-0.39, 0.29) is 24.0 Å². The molecule has 0 N–H and O–H groups in total. The van der Waals surface area contributed by atoms with E-state index in [0.29, 0.717) is 16.5 Å². The van der Waals surface area contributed by atoms with E-state index >= 15 is 0 Å². The molecule has 0 saturated heterocycles. The molecular weight excluding hydrogens is 308 g/mol. The lowest BCUT2D eigenvalue weighted by atomic mass is 10.1. The Kier molecular flexibility index (Phi) is 3.84. The highest BCUT2D eigenvalue weighted by molar-refractivity contribution is 7.14. The van der Waals surface area contributed by atoms with E-state index in [9.17, 15) is 14.9 Å². The van der Waals surface area contributed by atoms with Crippen LogP contribution in [0.5, 0.6) is 11.5 Å². The number of rotatable bonds is 5. The number of carbonyl (C=O) groups is 1. The lowest BCUT2D eigenvalue weighted by Gasteiger charge is -1.97. The molecule has 2 aromatic rings. The number of nitro groups is 1. The third-order valence-electron chi connectivity index (χ3n) is 2.91. The Labute approximate surface area is 129 Å². The number of hydrogen-bond acceptors (Lipinski definition) is 7. The molecule has 0 saturated carbocycles. The van der Waals surface area contributed by atoms with Gasteiger partial charge in [-0.25, -0.2) is 4.98 Å². The topological polar surface area (TPSA) is 91.6 Å². The second kappa shape index (κ2) is 5.94. The van der Waals surface area contributed by atoms with E-state index < -0.39 is 4.92 Å². The minimum atomic E-state index is -0.520. The zero-order valence-corrected chi connectivity index (χ0v) is 12.0. The maximum Gasteiger partial charge on any atom is 0.343 e.